The quantitative estimate of drug-likeness (QED) is 0.597. The summed E-state index contributed by atoms with van der Waals surface area (Å²) in [5.74, 6) is 0.279. The monoisotopic (exact) mass is 430 g/mol. The molecule has 6 heteroatoms. The van der Waals surface area contributed by atoms with Crippen molar-refractivity contribution in [2.45, 2.75) is 13.2 Å². The number of carbonyl (C=O) groups is 1. The van der Waals surface area contributed by atoms with E-state index in [-0.39, 0.29) is 5.91 Å². The first kappa shape index (κ1) is 18.4. The van der Waals surface area contributed by atoms with Crippen molar-refractivity contribution in [3.63, 3.8) is 0 Å². The van der Waals surface area contributed by atoms with Crippen molar-refractivity contribution in [2.24, 2.45) is 0 Å². The van der Waals surface area contributed by atoms with Gasteiger partial charge in [0.1, 0.15) is 6.61 Å². The molecule has 0 radical (unpaired) electrons. The van der Waals surface area contributed by atoms with Gasteiger partial charge in [0, 0.05) is 23.3 Å². The van der Waals surface area contributed by atoms with Crippen LogP contribution in [0.3, 0.4) is 0 Å². The predicted molar refractivity (Wildman–Crippen MR) is 105 cm³/mol. The van der Waals surface area contributed by atoms with E-state index in [1.54, 1.807) is 24.4 Å². The molecule has 1 amide bonds. The summed E-state index contributed by atoms with van der Waals surface area (Å²) >= 11 is 9.43. The Labute approximate surface area is 165 Å². The highest BCUT2D eigenvalue weighted by Crippen LogP contribution is 2.21. The number of ether oxygens (including phenoxy) is 1. The van der Waals surface area contributed by atoms with Crippen LogP contribution >= 0.6 is 27.5 Å². The largest absolute Gasteiger partial charge is 0.473 e. The van der Waals surface area contributed by atoms with Crippen molar-refractivity contribution in [1.29, 1.82) is 0 Å². The van der Waals surface area contributed by atoms with Crippen molar-refractivity contribution >= 4 is 33.4 Å². The molecule has 0 aliphatic heterocycles. The average Bonchev–Trinajstić information content (AvgIpc) is 2.67. The van der Waals surface area contributed by atoms with Gasteiger partial charge in [-0.1, -0.05) is 57.9 Å². The van der Waals surface area contributed by atoms with Crippen LogP contribution in [-0.4, -0.2) is 10.9 Å². The third kappa shape index (κ3) is 5.07. The van der Waals surface area contributed by atoms with Crippen molar-refractivity contribution in [3.8, 4) is 5.88 Å². The third-order valence-electron chi connectivity index (χ3n) is 3.65. The molecule has 26 heavy (non-hydrogen) atoms. The summed E-state index contributed by atoms with van der Waals surface area (Å²) in [5, 5.41) is 3.27. The van der Waals surface area contributed by atoms with Crippen LogP contribution in [0.15, 0.2) is 71.3 Å². The number of nitrogens with one attached hydrogen (secondary N) is 1. The van der Waals surface area contributed by atoms with E-state index in [4.69, 9.17) is 16.3 Å². The summed E-state index contributed by atoms with van der Waals surface area (Å²) in [6.07, 6.45) is 1.66. The first-order valence-electron chi connectivity index (χ1n) is 7.97. The molecular weight excluding hydrogens is 416 g/mol. The summed E-state index contributed by atoms with van der Waals surface area (Å²) in [7, 11) is 0. The molecule has 1 N–H and O–H groups in total. The van der Waals surface area contributed by atoms with E-state index < -0.39 is 0 Å². The molecule has 132 valence electrons. The lowest BCUT2D eigenvalue weighted by atomic mass is 10.2. The van der Waals surface area contributed by atoms with Gasteiger partial charge in [-0.05, 0) is 35.4 Å². The lowest BCUT2D eigenvalue weighted by Gasteiger charge is -2.09. The first-order valence-corrected chi connectivity index (χ1v) is 9.14. The smallest absolute Gasteiger partial charge is 0.253 e. The Morgan fingerprint density at radius 3 is 2.69 bits per heavy atom. The maximum absolute atomic E-state index is 12.3. The maximum atomic E-state index is 12.3. The number of hydrogen-bond donors (Lipinski definition) is 1. The Morgan fingerprint density at radius 1 is 1.08 bits per heavy atom. The van der Waals surface area contributed by atoms with Crippen molar-refractivity contribution in [2.75, 3.05) is 0 Å². The maximum Gasteiger partial charge on any atom is 0.253 e. The van der Waals surface area contributed by atoms with Crippen LogP contribution < -0.4 is 10.1 Å². The molecule has 0 fully saturated rings. The van der Waals surface area contributed by atoms with Crippen LogP contribution in [-0.2, 0) is 13.2 Å². The number of carbonyl (C=O) groups excluding carboxylic acids is 1. The normalized spacial score (nSPS) is 10.4. The molecule has 1 heterocycles. The highest BCUT2D eigenvalue weighted by atomic mass is 79.9. The van der Waals surface area contributed by atoms with E-state index in [1.807, 2.05) is 42.5 Å². The van der Waals surface area contributed by atoms with Gasteiger partial charge in [-0.3, -0.25) is 4.79 Å². The van der Waals surface area contributed by atoms with E-state index >= 15 is 0 Å². The van der Waals surface area contributed by atoms with Crippen LogP contribution in [0.4, 0.5) is 0 Å². The number of nitrogens with zero attached hydrogens (tertiary/aromatic N) is 1. The second-order valence-corrected chi connectivity index (χ2v) is 6.91. The van der Waals surface area contributed by atoms with Gasteiger partial charge in [0.25, 0.3) is 5.91 Å². The number of aromatic nitrogens is 1. The Kier molecular flexibility index (Phi) is 6.26. The van der Waals surface area contributed by atoms with Gasteiger partial charge in [0.15, 0.2) is 0 Å². The Morgan fingerprint density at radius 2 is 1.88 bits per heavy atom. The van der Waals surface area contributed by atoms with Crippen LogP contribution in [0.2, 0.25) is 5.02 Å². The molecule has 0 unspecified atom stereocenters. The molecule has 0 saturated heterocycles. The molecule has 1 aromatic heterocycles. The van der Waals surface area contributed by atoms with Gasteiger partial charge in [-0.15, -0.1) is 0 Å². The lowest BCUT2D eigenvalue weighted by molar-refractivity contribution is 0.0951. The molecule has 4 nitrogen and oxygen atoms in total. The standard InChI is InChI=1S/C20H16BrClN2O2/c21-16-6-7-18(22)17(11-16)20(25)24-12-15-8-9-23-19(10-15)26-13-14-4-2-1-3-5-14/h1-11H,12-13H2,(H,24,25). The predicted octanol–water partition coefficient (Wildman–Crippen LogP) is 5.01. The van der Waals surface area contributed by atoms with E-state index in [1.165, 1.54) is 0 Å². The molecule has 0 saturated carbocycles. The zero-order valence-corrected chi connectivity index (χ0v) is 16.1. The lowest BCUT2D eigenvalue weighted by Crippen LogP contribution is -2.23. The number of rotatable bonds is 6. The van der Waals surface area contributed by atoms with Crippen molar-refractivity contribution in [1.82, 2.24) is 10.3 Å². The molecular formula is C20H16BrClN2O2. The molecule has 2 aromatic carbocycles. The zero-order valence-electron chi connectivity index (χ0n) is 13.8. The van der Waals surface area contributed by atoms with E-state index in [9.17, 15) is 4.79 Å². The molecule has 0 bridgehead atoms. The summed E-state index contributed by atoms with van der Waals surface area (Å²) in [6, 6.07) is 18.7. The molecule has 3 aromatic rings. The zero-order chi connectivity index (χ0) is 18.4. The highest BCUT2D eigenvalue weighted by molar-refractivity contribution is 9.10. The summed E-state index contributed by atoms with van der Waals surface area (Å²) in [4.78, 5) is 16.5. The minimum absolute atomic E-state index is 0.236. The molecule has 0 spiro atoms. The second kappa shape index (κ2) is 8.83. The molecule has 0 aliphatic rings. The fraction of sp³-hybridized carbons (Fsp3) is 0.100. The number of benzene rings is 2. The fourth-order valence-electron chi connectivity index (χ4n) is 2.32. The molecule has 0 aliphatic carbocycles. The van der Waals surface area contributed by atoms with Crippen molar-refractivity contribution < 1.29 is 9.53 Å². The number of amides is 1. The van der Waals surface area contributed by atoms with Crippen LogP contribution in [0.5, 0.6) is 5.88 Å². The van der Waals surface area contributed by atoms with Gasteiger partial charge in [-0.2, -0.15) is 0 Å². The van der Waals surface area contributed by atoms with Gasteiger partial charge in [0.05, 0.1) is 10.6 Å². The Balaban J connectivity index is 1.60. The fourth-order valence-corrected chi connectivity index (χ4v) is 2.88. The van der Waals surface area contributed by atoms with Crippen LogP contribution in [0.25, 0.3) is 0 Å². The van der Waals surface area contributed by atoms with Gasteiger partial charge >= 0.3 is 0 Å². The molecule has 0 atom stereocenters. The summed E-state index contributed by atoms with van der Waals surface area (Å²) in [6.45, 7) is 0.795. The summed E-state index contributed by atoms with van der Waals surface area (Å²) < 4.78 is 6.51. The minimum atomic E-state index is -0.236. The van der Waals surface area contributed by atoms with E-state index in [0.29, 0.717) is 29.6 Å². The highest BCUT2D eigenvalue weighted by Gasteiger charge is 2.11. The van der Waals surface area contributed by atoms with E-state index in [2.05, 4.69) is 26.2 Å². The van der Waals surface area contributed by atoms with Crippen LogP contribution in [0.1, 0.15) is 21.5 Å². The number of halogens is 2. The second-order valence-electron chi connectivity index (χ2n) is 5.58. The number of pyridine rings is 1. The van der Waals surface area contributed by atoms with Crippen molar-refractivity contribution in [3.05, 3.63) is 93.0 Å². The van der Waals surface area contributed by atoms with Gasteiger partial charge in [0.2, 0.25) is 5.88 Å². The first-order chi connectivity index (χ1) is 12.6. The average molecular weight is 432 g/mol. The Bertz CT molecular complexity index is 903. The van der Waals surface area contributed by atoms with Gasteiger partial charge in [-0.25, -0.2) is 4.98 Å². The SMILES string of the molecule is O=C(NCc1ccnc(OCc2ccccc2)c1)c1cc(Br)ccc1Cl. The minimum Gasteiger partial charge on any atom is -0.473 e. The van der Waals surface area contributed by atoms with Crippen LogP contribution in [0, 0.1) is 0 Å². The van der Waals surface area contributed by atoms with Gasteiger partial charge < -0.3 is 10.1 Å². The van der Waals surface area contributed by atoms with E-state index in [0.717, 1.165) is 15.6 Å². The number of hydrogen-bond acceptors (Lipinski definition) is 3. The Hall–Kier alpha value is -2.37. The summed E-state index contributed by atoms with van der Waals surface area (Å²) in [5.41, 5.74) is 2.38. The molecule has 3 rings (SSSR count). The third-order valence-corrected chi connectivity index (χ3v) is 4.48. The topological polar surface area (TPSA) is 51.2 Å².